The molecule has 0 aliphatic heterocycles. The van der Waals surface area contributed by atoms with E-state index >= 15 is 0 Å². The summed E-state index contributed by atoms with van der Waals surface area (Å²) < 4.78 is 23.1. The van der Waals surface area contributed by atoms with E-state index in [0.717, 1.165) is 5.69 Å². The average Bonchev–Trinajstić information content (AvgIpc) is 3.60. The SMILES string of the molecule is COC(=O)c1ccc(COc2ccc(C=NNC(=O)c3ccc(-n4cccc4)cc3)cc2OC)o1. The molecule has 0 saturated carbocycles. The average molecular weight is 473 g/mol. The first-order valence-electron chi connectivity index (χ1n) is 10.6. The number of ether oxygens (including phenoxy) is 3. The second-order valence-corrected chi connectivity index (χ2v) is 7.29. The third-order valence-corrected chi connectivity index (χ3v) is 5.02. The minimum atomic E-state index is -0.557. The summed E-state index contributed by atoms with van der Waals surface area (Å²) in [7, 11) is 2.80. The Bertz CT molecular complexity index is 1320. The molecule has 2 aromatic heterocycles. The van der Waals surface area contributed by atoms with Gasteiger partial charge in [-0.2, -0.15) is 5.10 Å². The Balaban J connectivity index is 1.34. The number of hydrazone groups is 1. The lowest BCUT2D eigenvalue weighted by Crippen LogP contribution is -2.17. The highest BCUT2D eigenvalue weighted by molar-refractivity contribution is 5.95. The number of hydrogen-bond donors (Lipinski definition) is 1. The summed E-state index contributed by atoms with van der Waals surface area (Å²) in [5.74, 6) is 0.634. The van der Waals surface area contributed by atoms with Gasteiger partial charge in [-0.15, -0.1) is 0 Å². The normalized spacial score (nSPS) is 10.8. The highest BCUT2D eigenvalue weighted by Crippen LogP contribution is 2.28. The quantitative estimate of drug-likeness (QED) is 0.222. The number of rotatable bonds is 9. The number of aromatic nitrogens is 1. The number of amides is 1. The first-order valence-corrected chi connectivity index (χ1v) is 10.6. The molecule has 0 radical (unpaired) electrons. The third kappa shape index (κ3) is 5.77. The van der Waals surface area contributed by atoms with Crippen molar-refractivity contribution in [2.75, 3.05) is 14.2 Å². The van der Waals surface area contributed by atoms with Crippen LogP contribution < -0.4 is 14.9 Å². The maximum Gasteiger partial charge on any atom is 0.373 e. The van der Waals surface area contributed by atoms with Crippen molar-refractivity contribution in [3.8, 4) is 17.2 Å². The lowest BCUT2D eigenvalue weighted by atomic mass is 10.2. The van der Waals surface area contributed by atoms with Crippen LogP contribution in [-0.4, -0.2) is 36.9 Å². The van der Waals surface area contributed by atoms with E-state index in [1.165, 1.54) is 26.5 Å². The standard InChI is InChI=1S/C26H23N3O6/c1-32-24-15-18(5-11-22(24)34-17-21-10-12-23(35-21)26(31)33-2)16-27-28-25(30)19-6-8-20(9-7-19)29-13-3-4-14-29/h3-16H,17H2,1-2H3,(H,28,30). The van der Waals surface area contributed by atoms with Crippen LogP contribution in [0.5, 0.6) is 11.5 Å². The minimum absolute atomic E-state index is 0.0972. The number of nitrogens with one attached hydrogen (secondary N) is 1. The Morgan fingerprint density at radius 3 is 2.49 bits per heavy atom. The van der Waals surface area contributed by atoms with Crippen LogP contribution in [0.1, 0.15) is 32.2 Å². The zero-order valence-corrected chi connectivity index (χ0v) is 19.1. The molecule has 9 heteroatoms. The summed E-state index contributed by atoms with van der Waals surface area (Å²) in [6.07, 6.45) is 5.37. The van der Waals surface area contributed by atoms with E-state index in [2.05, 4.69) is 15.3 Å². The van der Waals surface area contributed by atoms with Gasteiger partial charge in [0.25, 0.3) is 5.91 Å². The van der Waals surface area contributed by atoms with Crippen LogP contribution in [0.4, 0.5) is 0 Å². The van der Waals surface area contributed by atoms with E-state index in [1.54, 1.807) is 36.4 Å². The van der Waals surface area contributed by atoms with Crippen molar-refractivity contribution in [1.82, 2.24) is 9.99 Å². The molecule has 2 aromatic carbocycles. The monoisotopic (exact) mass is 473 g/mol. The van der Waals surface area contributed by atoms with Gasteiger partial charge >= 0.3 is 5.97 Å². The zero-order valence-electron chi connectivity index (χ0n) is 19.1. The highest BCUT2D eigenvalue weighted by Gasteiger charge is 2.12. The summed E-state index contributed by atoms with van der Waals surface area (Å²) in [4.78, 5) is 23.9. The maximum atomic E-state index is 12.4. The Morgan fingerprint density at radius 2 is 1.77 bits per heavy atom. The Labute approximate surface area is 201 Å². The van der Waals surface area contributed by atoms with Gasteiger partial charge in [0.2, 0.25) is 5.76 Å². The molecule has 0 fully saturated rings. The van der Waals surface area contributed by atoms with Crippen LogP contribution >= 0.6 is 0 Å². The highest BCUT2D eigenvalue weighted by atomic mass is 16.5. The smallest absolute Gasteiger partial charge is 0.373 e. The van der Waals surface area contributed by atoms with Crippen molar-refractivity contribution >= 4 is 18.1 Å². The molecule has 2 heterocycles. The Hall–Kier alpha value is -4.79. The fourth-order valence-electron chi connectivity index (χ4n) is 3.22. The first kappa shape index (κ1) is 23.4. The molecule has 1 amide bonds. The van der Waals surface area contributed by atoms with Crippen molar-refractivity contribution in [3.05, 3.63) is 102 Å². The summed E-state index contributed by atoms with van der Waals surface area (Å²) in [6, 6.07) is 19.4. The molecule has 0 aliphatic carbocycles. The van der Waals surface area contributed by atoms with E-state index in [-0.39, 0.29) is 18.3 Å². The Kier molecular flexibility index (Phi) is 7.27. The number of esters is 1. The van der Waals surface area contributed by atoms with Gasteiger partial charge in [0.05, 0.1) is 20.4 Å². The molecular formula is C26H23N3O6. The van der Waals surface area contributed by atoms with Gasteiger partial charge in [-0.1, -0.05) is 0 Å². The Morgan fingerprint density at radius 1 is 1.00 bits per heavy atom. The van der Waals surface area contributed by atoms with Crippen LogP contribution in [0.15, 0.2) is 88.6 Å². The van der Waals surface area contributed by atoms with Gasteiger partial charge in [0.15, 0.2) is 11.5 Å². The van der Waals surface area contributed by atoms with E-state index in [1.807, 2.05) is 41.2 Å². The van der Waals surface area contributed by atoms with Crippen LogP contribution in [0.3, 0.4) is 0 Å². The molecular weight excluding hydrogens is 450 g/mol. The number of carbonyl (C=O) groups excluding carboxylic acids is 2. The third-order valence-electron chi connectivity index (χ3n) is 5.02. The molecule has 0 atom stereocenters. The zero-order chi connectivity index (χ0) is 24.6. The number of methoxy groups -OCH3 is 2. The maximum absolute atomic E-state index is 12.4. The van der Waals surface area contributed by atoms with Gasteiger partial charge in [-0.3, -0.25) is 4.79 Å². The van der Waals surface area contributed by atoms with Crippen LogP contribution in [-0.2, 0) is 11.3 Å². The molecule has 0 bridgehead atoms. The van der Waals surface area contributed by atoms with Gasteiger partial charge in [-0.05, 0) is 72.3 Å². The molecule has 178 valence electrons. The fourth-order valence-corrected chi connectivity index (χ4v) is 3.22. The lowest BCUT2D eigenvalue weighted by Gasteiger charge is -2.10. The molecule has 0 aliphatic rings. The second kappa shape index (κ2) is 10.9. The molecule has 4 aromatic rings. The molecule has 0 saturated heterocycles. The fraction of sp³-hybridized carbons (Fsp3) is 0.115. The summed E-state index contributed by atoms with van der Waals surface area (Å²) in [6.45, 7) is 0.0972. The summed E-state index contributed by atoms with van der Waals surface area (Å²) >= 11 is 0. The van der Waals surface area contributed by atoms with Gasteiger partial charge in [-0.25, -0.2) is 10.2 Å². The minimum Gasteiger partial charge on any atom is -0.493 e. The topological polar surface area (TPSA) is 104 Å². The first-order chi connectivity index (χ1) is 17.1. The number of nitrogens with zero attached hydrogens (tertiary/aromatic N) is 2. The number of furan rings is 1. The van der Waals surface area contributed by atoms with Crippen molar-refractivity contribution in [1.29, 1.82) is 0 Å². The largest absolute Gasteiger partial charge is 0.493 e. The van der Waals surface area contributed by atoms with Crippen LogP contribution in [0.2, 0.25) is 0 Å². The van der Waals surface area contributed by atoms with Crippen LogP contribution in [0, 0.1) is 0 Å². The molecule has 0 unspecified atom stereocenters. The van der Waals surface area contributed by atoms with E-state index in [9.17, 15) is 9.59 Å². The van der Waals surface area contributed by atoms with E-state index in [4.69, 9.17) is 13.9 Å². The predicted octanol–water partition coefficient (Wildman–Crippen LogP) is 4.21. The van der Waals surface area contributed by atoms with E-state index in [0.29, 0.717) is 28.4 Å². The lowest BCUT2D eigenvalue weighted by molar-refractivity contribution is 0.0560. The molecule has 4 rings (SSSR count). The molecule has 1 N–H and O–H groups in total. The second-order valence-electron chi connectivity index (χ2n) is 7.29. The van der Waals surface area contributed by atoms with Crippen LogP contribution in [0.25, 0.3) is 5.69 Å². The van der Waals surface area contributed by atoms with Crippen molar-refractivity contribution < 1.29 is 28.2 Å². The molecule has 9 nitrogen and oxygen atoms in total. The molecule has 0 spiro atoms. The van der Waals surface area contributed by atoms with Crippen molar-refractivity contribution in [2.24, 2.45) is 5.10 Å². The summed E-state index contributed by atoms with van der Waals surface area (Å²) in [5, 5.41) is 4.03. The number of hydrogen-bond acceptors (Lipinski definition) is 7. The van der Waals surface area contributed by atoms with Gasteiger partial charge in [0, 0.05) is 23.6 Å². The van der Waals surface area contributed by atoms with E-state index < -0.39 is 5.97 Å². The summed E-state index contributed by atoms with van der Waals surface area (Å²) in [5.41, 5.74) is 4.67. The number of carbonyl (C=O) groups is 2. The predicted molar refractivity (Wildman–Crippen MR) is 128 cm³/mol. The number of benzene rings is 2. The van der Waals surface area contributed by atoms with Gasteiger partial charge < -0.3 is 23.2 Å². The van der Waals surface area contributed by atoms with Gasteiger partial charge in [0.1, 0.15) is 12.4 Å². The van der Waals surface area contributed by atoms with Crippen molar-refractivity contribution in [3.63, 3.8) is 0 Å². The van der Waals surface area contributed by atoms with Crippen molar-refractivity contribution in [2.45, 2.75) is 6.61 Å². The molecule has 35 heavy (non-hydrogen) atoms.